The molecule has 4 rings (SSSR count). The molecule has 0 aliphatic carbocycles. The van der Waals surface area contributed by atoms with E-state index in [1.807, 2.05) is 30.3 Å². The minimum atomic E-state index is -3.20. The number of anilines is 1. The van der Waals surface area contributed by atoms with Gasteiger partial charge < -0.3 is 5.09 Å². The zero-order valence-corrected chi connectivity index (χ0v) is 16.5. The maximum Gasteiger partial charge on any atom is 0.227 e. The van der Waals surface area contributed by atoms with Gasteiger partial charge in [-0.3, -0.25) is 9.55 Å². The van der Waals surface area contributed by atoms with Crippen LogP contribution in [0.2, 0.25) is 10.0 Å². The Morgan fingerprint density at radius 2 is 1.30 bits per heavy atom. The molecule has 0 saturated heterocycles. The van der Waals surface area contributed by atoms with Gasteiger partial charge in [0.25, 0.3) is 0 Å². The minimum absolute atomic E-state index is 0.591. The number of nitrogens with one attached hydrogen (secondary N) is 1. The van der Waals surface area contributed by atoms with E-state index in [0.717, 1.165) is 10.9 Å². The fourth-order valence-corrected chi connectivity index (χ4v) is 5.41. The zero-order valence-electron chi connectivity index (χ0n) is 14.1. The summed E-state index contributed by atoms with van der Waals surface area (Å²) < 4.78 is 14.2. The molecule has 134 valence electrons. The van der Waals surface area contributed by atoms with Gasteiger partial charge in [-0.25, -0.2) is 0 Å². The lowest BCUT2D eigenvalue weighted by atomic mass is 10.2. The van der Waals surface area contributed by atoms with Crippen molar-refractivity contribution in [1.82, 2.24) is 4.98 Å². The molecule has 0 amide bonds. The van der Waals surface area contributed by atoms with Gasteiger partial charge in [-0.1, -0.05) is 41.4 Å². The molecule has 0 unspecified atom stereocenters. The van der Waals surface area contributed by atoms with Crippen LogP contribution in [0.15, 0.2) is 85.1 Å². The molecule has 0 bridgehead atoms. The van der Waals surface area contributed by atoms with Crippen LogP contribution in [0.25, 0.3) is 10.9 Å². The van der Waals surface area contributed by atoms with E-state index < -0.39 is 7.29 Å². The van der Waals surface area contributed by atoms with Gasteiger partial charge in [0.1, 0.15) is 0 Å². The standard InChI is InChI=1S/C21H15Cl2N2OP/c22-16-6-10-18(11-7-16)27(26,19-12-8-17(23)9-13-19)25-20-5-1-3-15-4-2-14-24-21(15)20/h1-14H,(H,25,26). The van der Waals surface area contributed by atoms with Gasteiger partial charge in [-0.2, -0.15) is 0 Å². The number of fused-ring (bicyclic) bond motifs is 1. The van der Waals surface area contributed by atoms with E-state index in [2.05, 4.69) is 10.1 Å². The largest absolute Gasteiger partial charge is 0.328 e. The Labute approximate surface area is 167 Å². The van der Waals surface area contributed by atoms with Crippen LogP contribution in [-0.2, 0) is 4.57 Å². The predicted octanol–water partition coefficient (Wildman–Crippen LogP) is 5.88. The van der Waals surface area contributed by atoms with Crippen molar-refractivity contribution >= 4 is 57.7 Å². The predicted molar refractivity (Wildman–Crippen MR) is 115 cm³/mol. The highest BCUT2D eigenvalue weighted by Crippen LogP contribution is 2.45. The molecule has 3 aromatic carbocycles. The van der Waals surface area contributed by atoms with Crippen LogP contribution in [0.5, 0.6) is 0 Å². The monoisotopic (exact) mass is 412 g/mol. The summed E-state index contributed by atoms with van der Waals surface area (Å²) >= 11 is 12.1. The zero-order chi connectivity index (χ0) is 18.9. The average molecular weight is 413 g/mol. The van der Waals surface area contributed by atoms with Crippen LogP contribution in [0.3, 0.4) is 0 Å². The first-order chi connectivity index (χ1) is 13.1. The molecule has 4 aromatic rings. The normalized spacial score (nSPS) is 11.5. The van der Waals surface area contributed by atoms with Gasteiger partial charge in [0.2, 0.25) is 7.29 Å². The van der Waals surface area contributed by atoms with Crippen molar-refractivity contribution in [3.8, 4) is 0 Å². The van der Waals surface area contributed by atoms with Crippen molar-refractivity contribution in [2.24, 2.45) is 0 Å². The smallest absolute Gasteiger partial charge is 0.227 e. The number of halogens is 2. The third-order valence-corrected chi connectivity index (χ3v) is 7.40. The van der Waals surface area contributed by atoms with Crippen LogP contribution < -0.4 is 15.7 Å². The van der Waals surface area contributed by atoms with Crippen molar-refractivity contribution in [3.05, 3.63) is 95.1 Å². The number of pyridine rings is 1. The first kappa shape index (κ1) is 18.1. The third-order valence-electron chi connectivity index (χ3n) is 4.29. The van der Waals surface area contributed by atoms with E-state index >= 15 is 0 Å². The van der Waals surface area contributed by atoms with Crippen molar-refractivity contribution in [3.63, 3.8) is 0 Å². The maximum absolute atomic E-state index is 14.2. The van der Waals surface area contributed by atoms with E-state index in [9.17, 15) is 4.57 Å². The second kappa shape index (κ2) is 7.36. The Morgan fingerprint density at radius 3 is 1.89 bits per heavy atom. The van der Waals surface area contributed by atoms with E-state index in [-0.39, 0.29) is 0 Å². The summed E-state index contributed by atoms with van der Waals surface area (Å²) in [6, 6.07) is 23.7. The van der Waals surface area contributed by atoms with E-state index in [1.54, 1.807) is 54.7 Å². The molecule has 1 heterocycles. The molecular formula is C21H15Cl2N2OP. The van der Waals surface area contributed by atoms with Crippen molar-refractivity contribution < 1.29 is 4.57 Å². The molecule has 0 fully saturated rings. The Kier molecular flexibility index (Phi) is 4.92. The molecule has 1 aromatic heterocycles. The van der Waals surface area contributed by atoms with Crippen LogP contribution >= 0.6 is 30.5 Å². The first-order valence-electron chi connectivity index (χ1n) is 8.31. The van der Waals surface area contributed by atoms with Gasteiger partial charge in [-0.05, 0) is 60.7 Å². The third kappa shape index (κ3) is 3.59. The minimum Gasteiger partial charge on any atom is -0.328 e. The van der Waals surface area contributed by atoms with Gasteiger partial charge in [0.15, 0.2) is 0 Å². The summed E-state index contributed by atoms with van der Waals surface area (Å²) in [6.45, 7) is 0. The average Bonchev–Trinajstić information content (AvgIpc) is 2.69. The number of aromatic nitrogens is 1. The summed E-state index contributed by atoms with van der Waals surface area (Å²) in [6.07, 6.45) is 1.73. The maximum atomic E-state index is 14.2. The number of hydrogen-bond donors (Lipinski definition) is 1. The summed E-state index contributed by atoms with van der Waals surface area (Å²) in [5.74, 6) is 0. The number of para-hydroxylation sites is 1. The molecule has 1 N–H and O–H groups in total. The van der Waals surface area contributed by atoms with Crippen LogP contribution in [-0.4, -0.2) is 4.98 Å². The van der Waals surface area contributed by atoms with Gasteiger partial charge in [0.05, 0.1) is 11.2 Å². The van der Waals surface area contributed by atoms with Crippen LogP contribution in [0.1, 0.15) is 0 Å². The Balaban J connectivity index is 1.89. The summed E-state index contributed by atoms with van der Waals surface area (Å²) in [5.41, 5.74) is 1.48. The molecule has 3 nitrogen and oxygen atoms in total. The van der Waals surface area contributed by atoms with E-state index in [1.165, 1.54) is 0 Å². The molecule has 27 heavy (non-hydrogen) atoms. The quantitative estimate of drug-likeness (QED) is 0.425. The van der Waals surface area contributed by atoms with Crippen LogP contribution in [0, 0.1) is 0 Å². The molecule has 0 aliphatic heterocycles. The second-order valence-electron chi connectivity index (χ2n) is 6.05. The molecule has 0 radical (unpaired) electrons. The highest BCUT2D eigenvalue weighted by molar-refractivity contribution is 7.80. The van der Waals surface area contributed by atoms with Crippen LogP contribution in [0.4, 0.5) is 5.69 Å². The Hall–Kier alpha value is -2.32. The molecule has 0 spiro atoms. The summed E-state index contributed by atoms with van der Waals surface area (Å²) in [7, 11) is -3.20. The molecule has 0 aliphatic rings. The van der Waals surface area contributed by atoms with Gasteiger partial charge in [0, 0.05) is 32.2 Å². The Bertz CT molecular complexity index is 1090. The topological polar surface area (TPSA) is 42.0 Å². The summed E-state index contributed by atoms with van der Waals surface area (Å²) in [5, 5.41) is 6.74. The first-order valence-corrected chi connectivity index (χ1v) is 10.8. The van der Waals surface area contributed by atoms with Gasteiger partial charge in [-0.15, -0.1) is 0 Å². The number of rotatable bonds is 4. The molecule has 0 atom stereocenters. The fraction of sp³-hybridized carbons (Fsp3) is 0. The van der Waals surface area contributed by atoms with E-state index in [4.69, 9.17) is 23.2 Å². The van der Waals surface area contributed by atoms with E-state index in [0.29, 0.717) is 26.3 Å². The van der Waals surface area contributed by atoms with Crippen molar-refractivity contribution in [1.29, 1.82) is 0 Å². The fourth-order valence-electron chi connectivity index (χ4n) is 2.94. The number of nitrogens with zero attached hydrogens (tertiary/aromatic N) is 1. The number of benzene rings is 3. The lowest BCUT2D eigenvalue weighted by Crippen LogP contribution is -2.21. The highest BCUT2D eigenvalue weighted by atomic mass is 35.5. The lowest BCUT2D eigenvalue weighted by Gasteiger charge is -2.22. The van der Waals surface area contributed by atoms with Crippen molar-refractivity contribution in [2.45, 2.75) is 0 Å². The van der Waals surface area contributed by atoms with Crippen molar-refractivity contribution in [2.75, 3.05) is 5.09 Å². The molecular weight excluding hydrogens is 398 g/mol. The summed E-state index contributed by atoms with van der Waals surface area (Å²) in [4.78, 5) is 4.46. The lowest BCUT2D eigenvalue weighted by molar-refractivity contribution is 0.590. The second-order valence-corrected chi connectivity index (χ2v) is 9.40. The Morgan fingerprint density at radius 1 is 0.741 bits per heavy atom. The number of hydrogen-bond acceptors (Lipinski definition) is 2. The highest BCUT2D eigenvalue weighted by Gasteiger charge is 2.28. The molecule has 0 saturated carbocycles. The van der Waals surface area contributed by atoms with Gasteiger partial charge >= 0.3 is 0 Å². The SMILES string of the molecule is O=P(Nc1cccc2cccnc12)(c1ccc(Cl)cc1)c1ccc(Cl)cc1. The molecule has 6 heteroatoms.